The highest BCUT2D eigenvalue weighted by Crippen LogP contribution is 2.13. The minimum Gasteiger partial charge on any atom is -0.463 e. The third-order valence-corrected chi connectivity index (χ3v) is 3.25. The lowest BCUT2D eigenvalue weighted by Crippen LogP contribution is -2.59. The van der Waals surface area contributed by atoms with E-state index in [9.17, 15) is 9.59 Å². The molecule has 0 spiro atoms. The van der Waals surface area contributed by atoms with Gasteiger partial charge in [0.2, 0.25) is 11.8 Å². The first kappa shape index (κ1) is 15.8. The van der Waals surface area contributed by atoms with Crippen LogP contribution in [0, 0.1) is 5.92 Å². The maximum atomic E-state index is 12.3. The van der Waals surface area contributed by atoms with Gasteiger partial charge in [-0.2, -0.15) is 10.2 Å². The van der Waals surface area contributed by atoms with Gasteiger partial charge in [0.15, 0.2) is 11.0 Å². The maximum Gasteiger partial charge on any atom is 0.247 e. The molecule has 0 saturated carbocycles. The van der Waals surface area contributed by atoms with E-state index in [2.05, 4.69) is 22.1 Å². The van der Waals surface area contributed by atoms with Crippen molar-refractivity contribution in [1.82, 2.24) is 10.2 Å². The number of thiocarbonyl (C=S) groups is 1. The Morgan fingerprint density at radius 3 is 3.00 bits per heavy atom. The van der Waals surface area contributed by atoms with Crippen molar-refractivity contribution in [2.24, 2.45) is 16.1 Å². The molecule has 1 saturated heterocycles. The second-order valence-electron chi connectivity index (χ2n) is 4.47. The molecule has 0 aromatic carbocycles. The van der Waals surface area contributed by atoms with Crippen LogP contribution in [0.4, 0.5) is 0 Å². The van der Waals surface area contributed by atoms with Gasteiger partial charge >= 0.3 is 0 Å². The number of furan rings is 1. The lowest BCUT2D eigenvalue weighted by Gasteiger charge is -2.31. The average molecular weight is 318 g/mol. The quantitative estimate of drug-likeness (QED) is 0.290. The molecule has 1 aliphatic heterocycles. The number of carbonyl (C=O) groups excluding carboxylic acids is 2. The van der Waals surface area contributed by atoms with Gasteiger partial charge in [-0.25, -0.2) is 0 Å². The van der Waals surface area contributed by atoms with Gasteiger partial charge in [-0.15, -0.1) is 6.58 Å². The minimum absolute atomic E-state index is 0.0676. The topological polar surface area (TPSA) is 87.3 Å². The molecule has 22 heavy (non-hydrogen) atoms. The van der Waals surface area contributed by atoms with E-state index < -0.39 is 17.7 Å². The first-order valence-corrected chi connectivity index (χ1v) is 6.83. The van der Waals surface area contributed by atoms with Crippen molar-refractivity contribution in [3.63, 3.8) is 0 Å². The maximum absolute atomic E-state index is 12.3. The minimum atomic E-state index is -1.06. The molecule has 1 atom stereocenters. The van der Waals surface area contributed by atoms with Gasteiger partial charge < -0.3 is 9.73 Å². The SMILES string of the molecule is C=CCN1C(=O)[C@H](/C(C)=N\N=C/c2ccco2)C(=O)NC1=S. The summed E-state index contributed by atoms with van der Waals surface area (Å²) in [5, 5.41) is 10.3. The van der Waals surface area contributed by atoms with Crippen LogP contribution in [-0.4, -0.2) is 40.3 Å². The van der Waals surface area contributed by atoms with E-state index in [0.29, 0.717) is 5.76 Å². The van der Waals surface area contributed by atoms with Gasteiger partial charge in [0.05, 0.1) is 18.2 Å². The Hall–Kier alpha value is -2.61. The molecule has 1 aliphatic rings. The summed E-state index contributed by atoms with van der Waals surface area (Å²) in [6.45, 7) is 5.34. The van der Waals surface area contributed by atoms with Crippen LogP contribution in [0.1, 0.15) is 12.7 Å². The highest BCUT2D eigenvalue weighted by molar-refractivity contribution is 7.80. The van der Waals surface area contributed by atoms with E-state index in [1.807, 2.05) is 0 Å². The number of nitrogens with zero attached hydrogens (tertiary/aromatic N) is 3. The van der Waals surface area contributed by atoms with Crippen molar-refractivity contribution in [2.75, 3.05) is 6.54 Å². The summed E-state index contributed by atoms with van der Waals surface area (Å²) in [6.07, 6.45) is 4.42. The van der Waals surface area contributed by atoms with Crippen molar-refractivity contribution >= 4 is 41.1 Å². The summed E-state index contributed by atoms with van der Waals surface area (Å²) >= 11 is 4.97. The van der Waals surface area contributed by atoms with E-state index in [4.69, 9.17) is 16.6 Å². The Morgan fingerprint density at radius 2 is 2.36 bits per heavy atom. The number of rotatable bonds is 5. The molecule has 0 aliphatic carbocycles. The molecule has 0 bridgehead atoms. The zero-order valence-corrected chi connectivity index (χ0v) is 12.7. The fourth-order valence-electron chi connectivity index (χ4n) is 1.88. The molecule has 0 radical (unpaired) electrons. The van der Waals surface area contributed by atoms with Crippen molar-refractivity contribution < 1.29 is 14.0 Å². The molecule has 8 heteroatoms. The van der Waals surface area contributed by atoms with Crippen molar-refractivity contribution in [1.29, 1.82) is 0 Å². The van der Waals surface area contributed by atoms with E-state index in [1.54, 1.807) is 19.1 Å². The molecule has 2 amide bonds. The van der Waals surface area contributed by atoms with Gasteiger partial charge in [-0.05, 0) is 31.3 Å². The summed E-state index contributed by atoms with van der Waals surface area (Å²) in [5.74, 6) is -1.49. The first-order chi connectivity index (χ1) is 10.5. The molecule has 7 nitrogen and oxygen atoms in total. The van der Waals surface area contributed by atoms with Crippen LogP contribution in [-0.2, 0) is 9.59 Å². The van der Waals surface area contributed by atoms with Crippen LogP contribution in [0.5, 0.6) is 0 Å². The third-order valence-electron chi connectivity index (χ3n) is 2.92. The number of carbonyl (C=O) groups is 2. The third kappa shape index (κ3) is 3.34. The standard InChI is InChI=1S/C14H14N4O3S/c1-3-6-18-13(20)11(12(19)16-14(18)22)9(2)17-15-8-10-5-4-7-21-10/h3-5,7-8,11H,1,6H2,2H3,(H,16,19,22)/b15-8-,17-9-/t11-/m1/s1. The molecule has 2 rings (SSSR count). The lowest BCUT2D eigenvalue weighted by atomic mass is 10.00. The molecule has 1 N–H and O–H groups in total. The van der Waals surface area contributed by atoms with Gasteiger partial charge in [0.1, 0.15) is 5.76 Å². The summed E-state index contributed by atoms with van der Waals surface area (Å²) < 4.78 is 5.06. The van der Waals surface area contributed by atoms with Crippen molar-refractivity contribution in [2.45, 2.75) is 6.92 Å². The summed E-state index contributed by atoms with van der Waals surface area (Å²) in [4.78, 5) is 25.6. The molecule has 0 unspecified atom stereocenters. The molecule has 114 valence electrons. The fraction of sp³-hybridized carbons (Fsp3) is 0.214. The lowest BCUT2D eigenvalue weighted by molar-refractivity contribution is -0.137. The van der Waals surface area contributed by atoms with Crippen LogP contribution in [0.2, 0.25) is 0 Å². The molecule has 2 heterocycles. The second kappa shape index (κ2) is 6.90. The Labute approximate surface area is 132 Å². The van der Waals surface area contributed by atoms with Gasteiger partial charge in [-0.1, -0.05) is 6.08 Å². The van der Waals surface area contributed by atoms with E-state index in [1.165, 1.54) is 23.5 Å². The van der Waals surface area contributed by atoms with E-state index >= 15 is 0 Å². The van der Waals surface area contributed by atoms with Crippen LogP contribution < -0.4 is 5.32 Å². The highest BCUT2D eigenvalue weighted by atomic mass is 32.1. The highest BCUT2D eigenvalue weighted by Gasteiger charge is 2.39. The first-order valence-electron chi connectivity index (χ1n) is 6.42. The molecular formula is C14H14N4O3S. The predicted molar refractivity (Wildman–Crippen MR) is 85.6 cm³/mol. The van der Waals surface area contributed by atoms with Gasteiger partial charge in [0.25, 0.3) is 0 Å². The smallest absolute Gasteiger partial charge is 0.247 e. The summed E-state index contributed by atoms with van der Waals surface area (Å²) in [5.41, 5.74) is 0.266. The van der Waals surface area contributed by atoms with Crippen LogP contribution in [0.25, 0.3) is 0 Å². The zero-order valence-electron chi connectivity index (χ0n) is 11.9. The average Bonchev–Trinajstić information content (AvgIpc) is 2.96. The van der Waals surface area contributed by atoms with E-state index in [-0.39, 0.29) is 17.4 Å². The predicted octanol–water partition coefficient (Wildman–Crippen LogP) is 1.12. The van der Waals surface area contributed by atoms with E-state index in [0.717, 1.165) is 0 Å². The number of hydrogen-bond donors (Lipinski definition) is 1. The largest absolute Gasteiger partial charge is 0.463 e. The second-order valence-corrected chi connectivity index (χ2v) is 4.85. The monoisotopic (exact) mass is 318 g/mol. The van der Waals surface area contributed by atoms with Crippen LogP contribution in [0.3, 0.4) is 0 Å². The Balaban J connectivity index is 2.17. The van der Waals surface area contributed by atoms with Gasteiger partial charge in [0, 0.05) is 6.54 Å². The number of nitrogens with one attached hydrogen (secondary N) is 1. The summed E-state index contributed by atoms with van der Waals surface area (Å²) in [6, 6.07) is 3.42. The Kier molecular flexibility index (Phi) is 4.95. The molecule has 1 fully saturated rings. The van der Waals surface area contributed by atoms with Crippen molar-refractivity contribution in [3.8, 4) is 0 Å². The zero-order chi connectivity index (χ0) is 16.1. The fourth-order valence-corrected chi connectivity index (χ4v) is 2.15. The normalized spacial score (nSPS) is 19.7. The molecule has 1 aromatic heterocycles. The number of amides is 2. The number of hydrogen-bond acceptors (Lipinski definition) is 6. The summed E-state index contributed by atoms with van der Waals surface area (Å²) in [7, 11) is 0. The Bertz CT molecular complexity index is 664. The van der Waals surface area contributed by atoms with Crippen molar-refractivity contribution in [3.05, 3.63) is 36.8 Å². The van der Waals surface area contributed by atoms with Crippen LogP contribution in [0.15, 0.2) is 45.7 Å². The van der Waals surface area contributed by atoms with Gasteiger partial charge in [-0.3, -0.25) is 14.5 Å². The molecular weight excluding hydrogens is 304 g/mol. The van der Waals surface area contributed by atoms with Crippen LogP contribution >= 0.6 is 12.2 Å². The molecule has 1 aromatic rings. The Morgan fingerprint density at radius 1 is 1.59 bits per heavy atom.